The van der Waals surface area contributed by atoms with Gasteiger partial charge in [-0.2, -0.15) is 0 Å². The summed E-state index contributed by atoms with van der Waals surface area (Å²) in [6.45, 7) is 4.38. The fourth-order valence-electron chi connectivity index (χ4n) is 2.55. The van der Waals surface area contributed by atoms with Crippen molar-refractivity contribution in [3.63, 3.8) is 0 Å². The van der Waals surface area contributed by atoms with Crippen LogP contribution in [0.1, 0.15) is 43.5 Å². The van der Waals surface area contributed by atoms with Crippen LogP contribution in [0, 0.1) is 0 Å². The van der Waals surface area contributed by atoms with E-state index in [0.717, 1.165) is 12.2 Å². The van der Waals surface area contributed by atoms with E-state index in [9.17, 15) is 4.79 Å². The quantitative estimate of drug-likeness (QED) is 0.873. The second-order valence-electron chi connectivity index (χ2n) is 4.61. The van der Waals surface area contributed by atoms with Crippen LogP contribution in [0.3, 0.4) is 0 Å². The summed E-state index contributed by atoms with van der Waals surface area (Å²) < 4.78 is 0. The highest BCUT2D eigenvalue weighted by atomic mass is 16.4. The lowest BCUT2D eigenvalue weighted by Gasteiger charge is -2.29. The van der Waals surface area contributed by atoms with Crippen molar-refractivity contribution in [3.8, 4) is 0 Å². The molecule has 0 bridgehead atoms. The zero-order chi connectivity index (χ0) is 12.4. The first kappa shape index (κ1) is 11.9. The van der Waals surface area contributed by atoms with E-state index in [2.05, 4.69) is 23.7 Å². The molecule has 2 unspecified atom stereocenters. The van der Waals surface area contributed by atoms with E-state index in [0.29, 0.717) is 12.1 Å². The first-order valence-electron chi connectivity index (χ1n) is 6.11. The first-order valence-corrected chi connectivity index (χ1v) is 6.11. The fourth-order valence-corrected chi connectivity index (χ4v) is 2.55. The van der Waals surface area contributed by atoms with Crippen LogP contribution >= 0.6 is 0 Å². The van der Waals surface area contributed by atoms with Crippen LogP contribution in [0.5, 0.6) is 0 Å². The van der Waals surface area contributed by atoms with Gasteiger partial charge in [-0.15, -0.1) is 0 Å². The molecule has 0 aliphatic carbocycles. The molecule has 2 rings (SSSR count). The van der Waals surface area contributed by atoms with Crippen molar-refractivity contribution in [1.29, 1.82) is 0 Å². The number of hydrogen-bond acceptors (Lipinski definition) is 3. The van der Waals surface area contributed by atoms with Gasteiger partial charge in [0.15, 0.2) is 0 Å². The maximum Gasteiger partial charge on any atom is 0.337 e. The molecule has 2 atom stereocenters. The standard InChI is InChI=1S/C13H18N2O2/c1-3-11-6-4-9(2)15(11)12-7-5-10(8-14-12)13(16)17/h5,7-9,11H,3-4,6H2,1-2H3,(H,16,17). The van der Waals surface area contributed by atoms with Crippen molar-refractivity contribution in [1.82, 2.24) is 4.98 Å². The van der Waals surface area contributed by atoms with E-state index in [-0.39, 0.29) is 5.56 Å². The normalized spacial score (nSPS) is 24.0. The van der Waals surface area contributed by atoms with Crippen LogP contribution in [0.4, 0.5) is 5.82 Å². The Bertz CT molecular complexity index is 402. The molecule has 1 aliphatic rings. The third-order valence-electron chi connectivity index (χ3n) is 3.52. The molecule has 0 amide bonds. The topological polar surface area (TPSA) is 53.4 Å². The van der Waals surface area contributed by atoms with Gasteiger partial charge in [-0.25, -0.2) is 9.78 Å². The van der Waals surface area contributed by atoms with Gasteiger partial charge in [0.1, 0.15) is 5.82 Å². The Labute approximate surface area is 101 Å². The molecule has 1 aromatic rings. The smallest absolute Gasteiger partial charge is 0.337 e. The molecule has 1 fully saturated rings. The van der Waals surface area contributed by atoms with E-state index in [4.69, 9.17) is 5.11 Å². The highest BCUT2D eigenvalue weighted by molar-refractivity contribution is 5.87. The van der Waals surface area contributed by atoms with Crippen molar-refractivity contribution in [2.45, 2.75) is 45.2 Å². The average molecular weight is 234 g/mol. The number of carboxylic acid groups (broad SMARTS) is 1. The van der Waals surface area contributed by atoms with Crippen molar-refractivity contribution in [2.75, 3.05) is 4.90 Å². The maximum atomic E-state index is 10.8. The largest absolute Gasteiger partial charge is 0.478 e. The summed E-state index contributed by atoms with van der Waals surface area (Å²) in [5.74, 6) is -0.0302. The van der Waals surface area contributed by atoms with E-state index in [1.165, 1.54) is 19.0 Å². The molecule has 92 valence electrons. The van der Waals surface area contributed by atoms with E-state index < -0.39 is 5.97 Å². The van der Waals surface area contributed by atoms with E-state index in [1.54, 1.807) is 6.07 Å². The predicted molar refractivity (Wildman–Crippen MR) is 66.5 cm³/mol. The Morgan fingerprint density at radius 3 is 2.82 bits per heavy atom. The summed E-state index contributed by atoms with van der Waals surface area (Å²) in [4.78, 5) is 17.4. The number of carbonyl (C=O) groups is 1. The second-order valence-corrected chi connectivity index (χ2v) is 4.61. The van der Waals surface area contributed by atoms with E-state index >= 15 is 0 Å². The average Bonchev–Trinajstić information content (AvgIpc) is 2.70. The summed E-state index contributed by atoms with van der Waals surface area (Å²) in [5, 5.41) is 8.84. The number of carboxylic acids is 1. The minimum absolute atomic E-state index is 0.244. The van der Waals surface area contributed by atoms with Crippen LogP contribution < -0.4 is 4.90 Å². The highest BCUT2D eigenvalue weighted by Crippen LogP contribution is 2.30. The monoisotopic (exact) mass is 234 g/mol. The first-order chi connectivity index (χ1) is 8.13. The number of nitrogens with zero attached hydrogens (tertiary/aromatic N) is 2. The number of aromatic nitrogens is 1. The molecule has 2 heterocycles. The molecule has 4 nitrogen and oxygen atoms in total. The third kappa shape index (κ3) is 2.25. The Hall–Kier alpha value is -1.58. The van der Waals surface area contributed by atoms with Gasteiger partial charge in [0, 0.05) is 18.3 Å². The number of anilines is 1. The van der Waals surface area contributed by atoms with Crippen LogP contribution in [0.2, 0.25) is 0 Å². The third-order valence-corrected chi connectivity index (χ3v) is 3.52. The van der Waals surface area contributed by atoms with Crippen LogP contribution in [0.25, 0.3) is 0 Å². The van der Waals surface area contributed by atoms with Gasteiger partial charge in [-0.1, -0.05) is 6.92 Å². The van der Waals surface area contributed by atoms with Crippen molar-refractivity contribution < 1.29 is 9.90 Å². The molecule has 0 spiro atoms. The molecule has 1 saturated heterocycles. The summed E-state index contributed by atoms with van der Waals surface area (Å²) >= 11 is 0. The highest BCUT2D eigenvalue weighted by Gasteiger charge is 2.30. The molecule has 1 aliphatic heterocycles. The van der Waals surface area contributed by atoms with E-state index in [1.807, 2.05) is 6.07 Å². The minimum atomic E-state index is -0.925. The van der Waals surface area contributed by atoms with Crippen molar-refractivity contribution in [2.24, 2.45) is 0 Å². The van der Waals surface area contributed by atoms with Crippen LogP contribution in [-0.2, 0) is 0 Å². The lowest BCUT2D eigenvalue weighted by molar-refractivity contribution is 0.0696. The summed E-state index contributed by atoms with van der Waals surface area (Å²) in [5.41, 5.74) is 0.244. The van der Waals surface area contributed by atoms with Gasteiger partial charge in [0.25, 0.3) is 0 Å². The molecular formula is C13H18N2O2. The predicted octanol–water partition coefficient (Wildman–Crippen LogP) is 2.55. The Morgan fingerprint density at radius 1 is 1.53 bits per heavy atom. The summed E-state index contributed by atoms with van der Waals surface area (Å²) in [7, 11) is 0. The van der Waals surface area contributed by atoms with Gasteiger partial charge in [0.05, 0.1) is 5.56 Å². The summed E-state index contributed by atoms with van der Waals surface area (Å²) in [6.07, 6.45) is 4.92. The lowest BCUT2D eigenvalue weighted by Crippen LogP contribution is -2.34. The zero-order valence-corrected chi connectivity index (χ0v) is 10.3. The molecule has 17 heavy (non-hydrogen) atoms. The van der Waals surface area contributed by atoms with Gasteiger partial charge < -0.3 is 10.0 Å². The molecular weight excluding hydrogens is 216 g/mol. The van der Waals surface area contributed by atoms with Crippen molar-refractivity contribution in [3.05, 3.63) is 23.9 Å². The maximum absolute atomic E-state index is 10.8. The zero-order valence-electron chi connectivity index (χ0n) is 10.3. The molecule has 0 aromatic carbocycles. The van der Waals surface area contributed by atoms with Crippen LogP contribution in [0.15, 0.2) is 18.3 Å². The Morgan fingerprint density at radius 2 is 2.29 bits per heavy atom. The lowest BCUT2D eigenvalue weighted by atomic mass is 10.1. The molecule has 0 saturated carbocycles. The fraction of sp³-hybridized carbons (Fsp3) is 0.538. The second kappa shape index (κ2) is 4.73. The Kier molecular flexibility index (Phi) is 3.31. The van der Waals surface area contributed by atoms with Crippen LogP contribution in [-0.4, -0.2) is 28.1 Å². The van der Waals surface area contributed by atoms with Gasteiger partial charge >= 0.3 is 5.97 Å². The molecule has 0 radical (unpaired) electrons. The SMILES string of the molecule is CCC1CCC(C)N1c1ccc(C(=O)O)cn1. The molecule has 4 heteroatoms. The Balaban J connectivity index is 2.24. The molecule has 1 N–H and O–H groups in total. The number of rotatable bonds is 3. The van der Waals surface area contributed by atoms with Crippen molar-refractivity contribution >= 4 is 11.8 Å². The van der Waals surface area contributed by atoms with Gasteiger partial charge in [-0.3, -0.25) is 0 Å². The minimum Gasteiger partial charge on any atom is -0.478 e. The number of aromatic carboxylic acids is 1. The number of pyridine rings is 1. The van der Waals surface area contributed by atoms with Gasteiger partial charge in [-0.05, 0) is 38.3 Å². The molecule has 1 aromatic heterocycles. The number of hydrogen-bond donors (Lipinski definition) is 1. The summed E-state index contributed by atoms with van der Waals surface area (Å²) in [6, 6.07) is 4.47. The van der Waals surface area contributed by atoms with Gasteiger partial charge in [0.2, 0.25) is 0 Å².